The molecule has 3 nitrogen and oxygen atoms in total. The van der Waals surface area contributed by atoms with Crippen LogP contribution in [0.1, 0.15) is 140 Å². The van der Waals surface area contributed by atoms with Crippen LogP contribution < -0.4 is 20.6 Å². The number of allylic oxidation sites excluding steroid dienone is 1. The number of fused-ring (bicyclic) bond motifs is 17. The maximum absolute atomic E-state index is 2.78. The first-order chi connectivity index (χ1) is 37.6. The van der Waals surface area contributed by atoms with Crippen molar-refractivity contribution >= 4 is 68.0 Å². The minimum absolute atomic E-state index is 0.0000338. The molecule has 0 N–H and O–H groups in total. The zero-order valence-corrected chi connectivity index (χ0v) is 48.4. The van der Waals surface area contributed by atoms with Crippen LogP contribution in [-0.4, -0.2) is 11.4 Å². The van der Waals surface area contributed by atoms with E-state index in [4.69, 9.17) is 0 Å². The molecule has 9 aromatic carbocycles. The molecule has 3 aliphatic heterocycles. The summed E-state index contributed by atoms with van der Waals surface area (Å²) in [6.45, 7) is 30.9. The maximum Gasteiger partial charge on any atom is 0.333 e. The standard InChI is InChI=1S/C75H70BN3/c1-71(2,3)46-29-33-50(34-30-46)79-63-42-53-51-35-31-48(73(7,8)9)40-57(51)74(10,11)58(53)41-55(63)66-65-52-26-20-21-27-56(52)75(12,13)68(65)67-54-39-47(72(4,5)6)32-37-61(54)78-64-43-62-45(38-59(64)76(79)69(66)70(67)78)28-36-60(44-22-16-14-17-23-44)77(62)49-24-18-15-19-25-49/h14-27,29-43H,28H2,1-13H3. The Morgan fingerprint density at radius 2 is 1.10 bits per heavy atom. The van der Waals surface area contributed by atoms with E-state index in [9.17, 15) is 0 Å². The van der Waals surface area contributed by atoms with Crippen molar-refractivity contribution in [3.8, 4) is 39.1 Å². The van der Waals surface area contributed by atoms with E-state index in [1.165, 1.54) is 145 Å². The summed E-state index contributed by atoms with van der Waals surface area (Å²) in [5.74, 6) is 0. The van der Waals surface area contributed by atoms with Gasteiger partial charge in [-0.15, -0.1) is 0 Å². The molecule has 5 aliphatic rings. The zero-order chi connectivity index (χ0) is 54.6. The molecular formula is C75H70BN3. The Balaban J connectivity index is 1.13. The summed E-state index contributed by atoms with van der Waals surface area (Å²) in [5, 5.41) is 2.73. The second-order valence-electron chi connectivity index (χ2n) is 27.7. The van der Waals surface area contributed by atoms with Crippen LogP contribution in [0.4, 0.5) is 22.7 Å². The van der Waals surface area contributed by atoms with Crippen molar-refractivity contribution in [2.75, 3.05) is 9.71 Å². The Kier molecular flexibility index (Phi) is 9.75. The van der Waals surface area contributed by atoms with Crippen LogP contribution >= 0.6 is 0 Å². The van der Waals surface area contributed by atoms with Crippen molar-refractivity contribution in [3.63, 3.8) is 0 Å². The van der Waals surface area contributed by atoms with Gasteiger partial charge in [0.15, 0.2) is 0 Å². The summed E-state index contributed by atoms with van der Waals surface area (Å²) in [5.41, 5.74) is 32.6. The highest BCUT2D eigenvalue weighted by Crippen LogP contribution is 2.61. The van der Waals surface area contributed by atoms with Gasteiger partial charge in [0.05, 0.1) is 16.7 Å². The lowest BCUT2D eigenvalue weighted by Crippen LogP contribution is -2.61. The summed E-state index contributed by atoms with van der Waals surface area (Å²) < 4.78 is 2.73. The summed E-state index contributed by atoms with van der Waals surface area (Å²) in [6.07, 6.45) is 3.28. The van der Waals surface area contributed by atoms with Crippen molar-refractivity contribution in [2.45, 2.75) is 124 Å². The van der Waals surface area contributed by atoms with Crippen LogP contribution in [0.25, 0.3) is 66.6 Å². The largest absolute Gasteiger partial charge is 0.376 e. The Morgan fingerprint density at radius 1 is 0.468 bits per heavy atom. The van der Waals surface area contributed by atoms with Crippen molar-refractivity contribution in [3.05, 3.63) is 226 Å². The molecule has 0 unspecified atom stereocenters. The molecule has 0 bridgehead atoms. The van der Waals surface area contributed by atoms with Crippen LogP contribution in [0.5, 0.6) is 0 Å². The zero-order valence-electron chi connectivity index (χ0n) is 48.4. The van der Waals surface area contributed by atoms with Crippen molar-refractivity contribution in [2.24, 2.45) is 0 Å². The van der Waals surface area contributed by atoms with E-state index in [1.54, 1.807) is 0 Å². The van der Waals surface area contributed by atoms with E-state index in [0.29, 0.717) is 0 Å². The fourth-order valence-corrected chi connectivity index (χ4v) is 15.0. The van der Waals surface area contributed by atoms with E-state index in [2.05, 4.69) is 280 Å². The Morgan fingerprint density at radius 3 is 1.81 bits per heavy atom. The second-order valence-corrected chi connectivity index (χ2v) is 27.7. The lowest BCUT2D eigenvalue weighted by molar-refractivity contribution is 0.584. The van der Waals surface area contributed by atoms with Gasteiger partial charge in [-0.25, -0.2) is 0 Å². The molecule has 0 spiro atoms. The monoisotopic (exact) mass is 1020 g/mol. The third-order valence-corrected chi connectivity index (χ3v) is 19.2. The molecule has 15 rings (SSSR count). The fourth-order valence-electron chi connectivity index (χ4n) is 15.0. The van der Waals surface area contributed by atoms with Gasteiger partial charge in [0.2, 0.25) is 0 Å². The topological polar surface area (TPSA) is 11.4 Å². The molecule has 0 fully saturated rings. The Labute approximate surface area is 468 Å². The van der Waals surface area contributed by atoms with Gasteiger partial charge in [-0.05, 0) is 166 Å². The lowest BCUT2D eigenvalue weighted by Gasteiger charge is -2.44. The van der Waals surface area contributed by atoms with Crippen LogP contribution in [-0.2, 0) is 33.5 Å². The molecule has 0 radical (unpaired) electrons. The summed E-state index contributed by atoms with van der Waals surface area (Å²) in [6, 6.07) is 66.5. The molecule has 0 saturated carbocycles. The highest BCUT2D eigenvalue weighted by molar-refractivity contribution is 6.94. The van der Waals surface area contributed by atoms with E-state index < -0.39 is 0 Å². The number of hydrogen-bond acceptors (Lipinski definition) is 2. The van der Waals surface area contributed by atoms with Crippen LogP contribution in [0, 0.1) is 0 Å². The summed E-state index contributed by atoms with van der Waals surface area (Å²) in [4.78, 5) is 5.32. The first-order valence-corrected chi connectivity index (χ1v) is 28.9. The van der Waals surface area contributed by atoms with Gasteiger partial charge >= 0.3 is 6.85 Å². The SMILES string of the molecule is CC(C)(C)c1ccc(N2B3c4cc5c(cc4-n4c6ccc(C(C)(C)C)cc6c6c7c(c(c3c64)-c3cc4c(cc32)-c2ccc(C(C)(C)C)cc2C4(C)C)-c2ccccc2C7(C)C)N(c2ccccc2)C(c2ccccc2)=CC5)cc1. The van der Waals surface area contributed by atoms with Crippen LogP contribution in [0.3, 0.4) is 0 Å². The average Bonchev–Trinajstić information content (AvgIpc) is 2.10. The number of para-hydroxylation sites is 1. The normalized spacial score (nSPS) is 16.1. The number of hydrogen-bond donors (Lipinski definition) is 0. The van der Waals surface area contributed by atoms with Gasteiger partial charge < -0.3 is 14.3 Å². The molecule has 0 saturated heterocycles. The van der Waals surface area contributed by atoms with Gasteiger partial charge in [-0.1, -0.05) is 211 Å². The second kappa shape index (κ2) is 15.9. The van der Waals surface area contributed by atoms with E-state index in [-0.39, 0.29) is 33.9 Å². The molecule has 79 heavy (non-hydrogen) atoms. The number of anilines is 4. The highest BCUT2D eigenvalue weighted by atomic mass is 15.2. The minimum atomic E-state index is -0.293. The molecule has 4 heterocycles. The Hall–Kier alpha value is -7.82. The maximum atomic E-state index is 2.78. The van der Waals surface area contributed by atoms with E-state index in [1.807, 2.05) is 0 Å². The number of benzene rings is 9. The lowest BCUT2D eigenvalue weighted by atomic mass is 9.43. The molecule has 2 aliphatic carbocycles. The molecule has 0 amide bonds. The van der Waals surface area contributed by atoms with Crippen molar-refractivity contribution in [1.82, 2.24) is 4.57 Å². The van der Waals surface area contributed by atoms with Gasteiger partial charge in [0.25, 0.3) is 0 Å². The van der Waals surface area contributed by atoms with Crippen molar-refractivity contribution in [1.29, 1.82) is 0 Å². The number of aromatic nitrogens is 1. The number of rotatable bonds is 3. The molecule has 4 heteroatoms. The van der Waals surface area contributed by atoms with Crippen LogP contribution in [0.15, 0.2) is 176 Å². The average molecular weight is 1020 g/mol. The Bertz CT molecular complexity index is 4320. The first-order valence-electron chi connectivity index (χ1n) is 28.9. The molecule has 10 aromatic rings. The quantitative estimate of drug-likeness (QED) is 0.163. The minimum Gasteiger partial charge on any atom is -0.376 e. The van der Waals surface area contributed by atoms with E-state index >= 15 is 0 Å². The van der Waals surface area contributed by atoms with Crippen LogP contribution in [0.2, 0.25) is 0 Å². The van der Waals surface area contributed by atoms with Gasteiger partial charge in [0, 0.05) is 55.6 Å². The predicted octanol–water partition coefficient (Wildman–Crippen LogP) is 18.3. The predicted molar refractivity (Wildman–Crippen MR) is 338 cm³/mol. The fraction of sp³-hybridized carbons (Fsp3) is 0.253. The molecule has 0 atom stereocenters. The van der Waals surface area contributed by atoms with Gasteiger partial charge in [-0.3, -0.25) is 0 Å². The third kappa shape index (κ3) is 6.61. The first kappa shape index (κ1) is 48.3. The van der Waals surface area contributed by atoms with Crippen molar-refractivity contribution < 1.29 is 0 Å². The molecule has 388 valence electrons. The summed E-state index contributed by atoms with van der Waals surface area (Å²) >= 11 is 0. The smallest absolute Gasteiger partial charge is 0.333 e. The summed E-state index contributed by atoms with van der Waals surface area (Å²) in [7, 11) is 0. The highest BCUT2D eigenvalue weighted by Gasteiger charge is 2.51. The van der Waals surface area contributed by atoms with E-state index in [0.717, 1.165) is 12.1 Å². The van der Waals surface area contributed by atoms with Gasteiger partial charge in [0.1, 0.15) is 0 Å². The third-order valence-electron chi connectivity index (χ3n) is 19.2. The molecule has 1 aromatic heterocycles. The number of nitrogens with zero attached hydrogens (tertiary/aromatic N) is 3. The van der Waals surface area contributed by atoms with Gasteiger partial charge in [-0.2, -0.15) is 0 Å². The molecular weight excluding hydrogens is 954 g/mol.